The van der Waals surface area contributed by atoms with E-state index in [4.69, 9.17) is 9.72 Å². The van der Waals surface area contributed by atoms with E-state index in [9.17, 15) is 0 Å². The van der Waals surface area contributed by atoms with Crippen molar-refractivity contribution in [2.24, 2.45) is 0 Å². The van der Waals surface area contributed by atoms with Crippen molar-refractivity contribution >= 4 is 50.6 Å². The lowest BCUT2D eigenvalue weighted by molar-refractivity contribution is 0.483. The van der Waals surface area contributed by atoms with Crippen LogP contribution in [0.1, 0.15) is 153 Å². The molecule has 0 saturated carbocycles. The van der Waals surface area contributed by atoms with Crippen LogP contribution in [-0.2, 0) is 5.41 Å². The number of pyridine rings is 1. The molecule has 0 amide bonds. The first-order chi connectivity index (χ1) is 38.2. The molecule has 5 nitrogen and oxygen atoms in total. The van der Waals surface area contributed by atoms with Gasteiger partial charge < -0.3 is 4.74 Å². The van der Waals surface area contributed by atoms with Gasteiger partial charge in [0.15, 0.2) is 0 Å². The largest absolute Gasteiger partial charge is 0.503 e. The highest BCUT2D eigenvalue weighted by Crippen LogP contribution is 2.48. The summed E-state index contributed by atoms with van der Waals surface area (Å²) in [5.41, 5.74) is 18.1. The lowest BCUT2D eigenvalue weighted by Gasteiger charge is -2.23. The highest BCUT2D eigenvalue weighted by Gasteiger charge is 2.40. The van der Waals surface area contributed by atoms with E-state index in [0.29, 0.717) is 28.5 Å². The Labute approximate surface area is 471 Å². The number of benzene rings is 8. The number of nitrogens with zero attached hydrogens (tertiary/aromatic N) is 4. The molecule has 3 heterocycles. The molecule has 0 unspecified atom stereocenters. The summed E-state index contributed by atoms with van der Waals surface area (Å²) in [6, 6.07) is 59.4. The summed E-state index contributed by atoms with van der Waals surface area (Å²) in [5.74, 6) is 2.23. The molecule has 0 bridgehead atoms. The monoisotopic (exact) mass is 1060 g/mol. The SMILES string of the molecule is CC(C)c1cc(-c2cccc(-c3cc(F)cc(F)c3)c2[N+]2=C=[N+](c3cc(Oc4ccc5c6ccccc6n(-c6cc(C(C)(C)C)ccn6)c5c4)cc(-c4c(C(C)C)cc(C(C)C)cc4C(C)C)c3)c3ccccc32)cc(C(C)C)c1. The first-order valence-electron chi connectivity index (χ1n) is 28.4. The van der Waals surface area contributed by atoms with Crippen LogP contribution in [0.3, 0.4) is 0 Å². The van der Waals surface area contributed by atoms with Gasteiger partial charge in [0, 0.05) is 47.3 Å². The highest BCUT2D eigenvalue weighted by atomic mass is 19.1. The minimum atomic E-state index is -0.643. The zero-order valence-corrected chi connectivity index (χ0v) is 48.5. The molecular formula is C73H72F2N4O+2. The quantitative estimate of drug-likeness (QED) is 0.108. The molecule has 11 rings (SSSR count). The minimum Gasteiger partial charge on any atom is -0.457 e. The van der Waals surface area contributed by atoms with Gasteiger partial charge in [0.1, 0.15) is 29.0 Å². The maximum atomic E-state index is 15.4. The number of rotatable bonds is 13. The molecule has 7 heteroatoms. The van der Waals surface area contributed by atoms with E-state index >= 15 is 8.78 Å². The second-order valence-electron chi connectivity index (χ2n) is 24.4. The summed E-state index contributed by atoms with van der Waals surface area (Å²) in [6.45, 7) is 29.2. The number of aromatic nitrogens is 2. The van der Waals surface area contributed by atoms with Crippen molar-refractivity contribution in [1.82, 2.24) is 18.7 Å². The summed E-state index contributed by atoms with van der Waals surface area (Å²) >= 11 is 0. The third-order valence-corrected chi connectivity index (χ3v) is 15.9. The lowest BCUT2D eigenvalue weighted by Crippen LogP contribution is -2.12. The lowest BCUT2D eigenvalue weighted by atomic mass is 9.81. The number of hydrogen-bond donors (Lipinski definition) is 0. The number of para-hydroxylation sites is 4. The maximum Gasteiger partial charge on any atom is 0.503 e. The van der Waals surface area contributed by atoms with Crippen LogP contribution in [-0.4, -0.2) is 15.6 Å². The third kappa shape index (κ3) is 10.1. The van der Waals surface area contributed by atoms with Gasteiger partial charge in [-0.15, -0.1) is 0 Å². The van der Waals surface area contributed by atoms with Crippen molar-refractivity contribution in [1.29, 1.82) is 0 Å². The van der Waals surface area contributed by atoms with Gasteiger partial charge >= 0.3 is 6.01 Å². The fourth-order valence-electron chi connectivity index (χ4n) is 11.5. The smallest absolute Gasteiger partial charge is 0.457 e. The number of halogens is 2. The molecule has 0 N–H and O–H groups in total. The zero-order chi connectivity index (χ0) is 56.5. The second-order valence-corrected chi connectivity index (χ2v) is 24.4. The Morgan fingerprint density at radius 1 is 0.487 bits per heavy atom. The molecule has 0 spiro atoms. The van der Waals surface area contributed by atoms with Crippen LogP contribution in [0.25, 0.3) is 61.0 Å². The Balaban J connectivity index is 1.19. The second kappa shape index (κ2) is 21.1. The molecule has 0 radical (unpaired) electrons. The molecule has 1 aliphatic heterocycles. The molecular weight excluding hydrogens is 987 g/mol. The maximum absolute atomic E-state index is 15.4. The van der Waals surface area contributed by atoms with Crippen molar-refractivity contribution < 1.29 is 13.5 Å². The van der Waals surface area contributed by atoms with Crippen LogP contribution in [0.2, 0.25) is 0 Å². The van der Waals surface area contributed by atoms with Crippen LogP contribution in [0.4, 0.5) is 31.5 Å². The van der Waals surface area contributed by atoms with Crippen LogP contribution in [0, 0.1) is 11.6 Å². The van der Waals surface area contributed by atoms with Gasteiger partial charge in [-0.1, -0.05) is 157 Å². The highest BCUT2D eigenvalue weighted by molar-refractivity contribution is 6.09. The van der Waals surface area contributed by atoms with Crippen LogP contribution < -0.4 is 13.9 Å². The fraction of sp³-hybridized carbons (Fsp3) is 0.260. The average molecular weight is 1060 g/mol. The summed E-state index contributed by atoms with van der Waals surface area (Å²) in [7, 11) is 0. The average Bonchev–Trinajstić information content (AvgIpc) is 4.07. The Kier molecular flexibility index (Phi) is 14.2. The van der Waals surface area contributed by atoms with Crippen molar-refractivity contribution in [2.45, 2.75) is 125 Å². The Morgan fingerprint density at radius 3 is 1.68 bits per heavy atom. The topological polar surface area (TPSA) is 33.1 Å². The van der Waals surface area contributed by atoms with E-state index in [1.165, 1.54) is 51.1 Å². The predicted molar refractivity (Wildman–Crippen MR) is 331 cm³/mol. The number of ether oxygens (including phenoxy) is 1. The van der Waals surface area contributed by atoms with Gasteiger partial charge in [0.05, 0.1) is 28.2 Å². The normalized spacial score (nSPS) is 12.7. The molecule has 1 aliphatic rings. The minimum absolute atomic E-state index is 0.0709. The van der Waals surface area contributed by atoms with E-state index in [1.54, 1.807) is 0 Å². The van der Waals surface area contributed by atoms with E-state index in [-0.39, 0.29) is 29.1 Å². The van der Waals surface area contributed by atoms with Gasteiger partial charge in [-0.05, 0) is 160 Å². The van der Waals surface area contributed by atoms with Gasteiger partial charge in [-0.3, -0.25) is 4.57 Å². The van der Waals surface area contributed by atoms with Crippen molar-refractivity contribution in [2.75, 3.05) is 0 Å². The van der Waals surface area contributed by atoms with E-state index in [2.05, 4.69) is 231 Å². The standard InChI is InChI=1S/C73H72F2N4O/c1-43(2)48-29-49(44(3)4)31-51(30-48)60-20-18-21-61(52-32-55(74)39-56(75)33-52)72(60)78-42-77(67-23-16-17-24-68(67)78)57-34-53(71-64(46(7)8)36-50(45(5)6)37-65(71)47(9)10)35-59(40-57)80-58-25-26-63-62-19-14-15-22-66(62)79(69(63)41-58)70-38-54(27-28-76-70)73(11,12)13/h14-41,43-47H,1-13H3/q+2. The Hall–Kier alpha value is -8.25. The third-order valence-electron chi connectivity index (χ3n) is 15.9. The van der Waals surface area contributed by atoms with E-state index in [0.717, 1.165) is 73.1 Å². The number of hydrogen-bond acceptors (Lipinski definition) is 2. The fourth-order valence-corrected chi connectivity index (χ4v) is 11.5. The zero-order valence-electron chi connectivity index (χ0n) is 48.5. The molecule has 80 heavy (non-hydrogen) atoms. The molecule has 0 saturated heterocycles. The summed E-state index contributed by atoms with van der Waals surface area (Å²) in [6.07, 6.45) is 1.91. The first-order valence-corrected chi connectivity index (χ1v) is 28.4. The van der Waals surface area contributed by atoms with Gasteiger partial charge in [-0.25, -0.2) is 13.8 Å². The molecule has 0 aliphatic carbocycles. The predicted octanol–water partition coefficient (Wildman–Crippen LogP) is 21.0. The summed E-state index contributed by atoms with van der Waals surface area (Å²) in [4.78, 5) is 4.96. The number of fused-ring (bicyclic) bond motifs is 4. The summed E-state index contributed by atoms with van der Waals surface area (Å²) in [5, 5.41) is 2.24. The van der Waals surface area contributed by atoms with Crippen molar-refractivity contribution in [3.8, 4) is 50.7 Å². The Bertz CT molecular complexity index is 4070. The molecule has 402 valence electrons. The van der Waals surface area contributed by atoms with Crippen LogP contribution in [0.5, 0.6) is 11.5 Å². The molecule has 0 atom stereocenters. The van der Waals surface area contributed by atoms with E-state index in [1.807, 2.05) is 30.5 Å². The van der Waals surface area contributed by atoms with Gasteiger partial charge in [0.25, 0.3) is 11.4 Å². The van der Waals surface area contributed by atoms with Crippen LogP contribution >= 0.6 is 0 Å². The van der Waals surface area contributed by atoms with Gasteiger partial charge in [0.2, 0.25) is 11.4 Å². The van der Waals surface area contributed by atoms with Crippen LogP contribution in [0.15, 0.2) is 170 Å². The molecule has 10 aromatic rings. The molecule has 0 fully saturated rings. The van der Waals surface area contributed by atoms with Gasteiger partial charge in [-0.2, -0.15) is 0 Å². The summed E-state index contributed by atoms with van der Waals surface area (Å²) < 4.78 is 44.5. The molecule has 8 aromatic carbocycles. The molecule has 2 aromatic heterocycles. The van der Waals surface area contributed by atoms with Crippen molar-refractivity contribution in [3.63, 3.8) is 0 Å². The van der Waals surface area contributed by atoms with Crippen molar-refractivity contribution in [3.05, 3.63) is 215 Å². The van der Waals surface area contributed by atoms with E-state index < -0.39 is 11.6 Å². The first kappa shape index (κ1) is 53.7. The Morgan fingerprint density at radius 2 is 1.06 bits per heavy atom.